The van der Waals surface area contributed by atoms with E-state index in [1.807, 2.05) is 6.07 Å². The van der Waals surface area contributed by atoms with Crippen LogP contribution in [-0.2, 0) is 16.8 Å². The van der Waals surface area contributed by atoms with Crippen molar-refractivity contribution in [3.8, 4) is 0 Å². The number of hydrogen-bond donors (Lipinski definition) is 1. The number of carbonyl (C=O) groups is 1. The van der Waals surface area contributed by atoms with Gasteiger partial charge in [-0.25, -0.2) is 0 Å². The van der Waals surface area contributed by atoms with Crippen LogP contribution in [-0.4, -0.2) is 11.4 Å². The van der Waals surface area contributed by atoms with E-state index in [4.69, 9.17) is 11.6 Å². The summed E-state index contributed by atoms with van der Waals surface area (Å²) >= 11 is 5.84. The maximum Gasteiger partial charge on any atom is 0.156 e. The zero-order chi connectivity index (χ0) is 10.2. The third kappa shape index (κ3) is 1.45. The molecule has 0 aromatic heterocycles. The first-order valence-corrected chi connectivity index (χ1v) is 5.01. The molecule has 1 unspecified atom stereocenters. The fourth-order valence-electron chi connectivity index (χ4n) is 2.00. The number of fused-ring (bicyclic) bond motifs is 1. The van der Waals surface area contributed by atoms with Crippen LogP contribution in [0.15, 0.2) is 18.2 Å². The Morgan fingerprint density at radius 3 is 3.00 bits per heavy atom. The molecule has 3 heteroatoms. The van der Waals surface area contributed by atoms with E-state index >= 15 is 0 Å². The molecule has 0 aliphatic heterocycles. The molecule has 2 nitrogen and oxygen atoms in total. The van der Waals surface area contributed by atoms with E-state index in [0.717, 1.165) is 18.4 Å². The molecule has 14 heavy (non-hydrogen) atoms. The van der Waals surface area contributed by atoms with Crippen molar-refractivity contribution in [1.29, 1.82) is 0 Å². The Balaban J connectivity index is 2.55. The predicted octanol–water partition coefficient (Wildman–Crippen LogP) is 2.06. The van der Waals surface area contributed by atoms with E-state index in [2.05, 4.69) is 0 Å². The molecular formula is C11H11ClO2. The minimum atomic E-state index is -1.29. The summed E-state index contributed by atoms with van der Waals surface area (Å²) in [6.07, 6.45) is 2.83. The highest BCUT2D eigenvalue weighted by Crippen LogP contribution is 2.34. The fourth-order valence-corrected chi connectivity index (χ4v) is 2.19. The van der Waals surface area contributed by atoms with Gasteiger partial charge in [-0.05, 0) is 42.5 Å². The average molecular weight is 211 g/mol. The number of aldehydes is 1. The van der Waals surface area contributed by atoms with Crippen molar-refractivity contribution in [3.63, 3.8) is 0 Å². The van der Waals surface area contributed by atoms with Crippen LogP contribution in [0.3, 0.4) is 0 Å². The molecule has 0 saturated carbocycles. The molecule has 2 rings (SSSR count). The molecule has 0 bridgehead atoms. The van der Waals surface area contributed by atoms with E-state index < -0.39 is 5.60 Å². The Kier molecular flexibility index (Phi) is 2.33. The molecule has 0 saturated heterocycles. The first kappa shape index (κ1) is 9.69. The number of rotatable bonds is 1. The van der Waals surface area contributed by atoms with Crippen LogP contribution in [0.5, 0.6) is 0 Å². The fraction of sp³-hybridized carbons (Fsp3) is 0.364. The third-order valence-corrected chi connectivity index (χ3v) is 2.97. The van der Waals surface area contributed by atoms with Crippen LogP contribution in [0.1, 0.15) is 24.0 Å². The normalized spacial score (nSPS) is 25.6. The molecule has 1 aromatic carbocycles. The number of aliphatic hydroxyl groups is 1. The van der Waals surface area contributed by atoms with Crippen LogP contribution < -0.4 is 0 Å². The second-order valence-electron chi connectivity index (χ2n) is 3.70. The van der Waals surface area contributed by atoms with Gasteiger partial charge in [-0.3, -0.25) is 4.79 Å². The van der Waals surface area contributed by atoms with Crippen molar-refractivity contribution in [2.24, 2.45) is 0 Å². The monoisotopic (exact) mass is 210 g/mol. The topological polar surface area (TPSA) is 37.3 Å². The minimum absolute atomic E-state index is 0.505. The van der Waals surface area contributed by atoms with Gasteiger partial charge >= 0.3 is 0 Å². The summed E-state index contributed by atoms with van der Waals surface area (Å²) in [6.45, 7) is 0. The lowest BCUT2D eigenvalue weighted by Gasteiger charge is -2.29. The van der Waals surface area contributed by atoms with Crippen LogP contribution in [0.4, 0.5) is 0 Å². The summed E-state index contributed by atoms with van der Waals surface area (Å²) in [5, 5.41) is 10.7. The highest BCUT2D eigenvalue weighted by atomic mass is 35.5. The second kappa shape index (κ2) is 3.37. The zero-order valence-electron chi connectivity index (χ0n) is 7.66. The van der Waals surface area contributed by atoms with Gasteiger partial charge in [-0.15, -0.1) is 0 Å². The molecule has 1 atom stereocenters. The molecule has 0 amide bonds. The summed E-state index contributed by atoms with van der Waals surface area (Å²) in [4.78, 5) is 10.8. The lowest BCUT2D eigenvalue weighted by atomic mass is 9.80. The number of carbonyl (C=O) groups excluding carboxylic acids is 1. The van der Waals surface area contributed by atoms with Crippen molar-refractivity contribution in [3.05, 3.63) is 34.3 Å². The Bertz CT molecular complexity index is 376. The first-order chi connectivity index (χ1) is 6.65. The molecular weight excluding hydrogens is 200 g/mol. The van der Waals surface area contributed by atoms with Gasteiger partial charge in [-0.2, -0.15) is 0 Å². The molecule has 0 radical (unpaired) electrons. The quantitative estimate of drug-likeness (QED) is 0.721. The number of benzene rings is 1. The van der Waals surface area contributed by atoms with E-state index in [1.54, 1.807) is 12.1 Å². The molecule has 0 heterocycles. The average Bonchev–Trinajstić information content (AvgIpc) is 2.18. The van der Waals surface area contributed by atoms with Gasteiger partial charge in [0, 0.05) is 5.02 Å². The molecule has 74 valence electrons. The van der Waals surface area contributed by atoms with E-state index in [-0.39, 0.29) is 0 Å². The Morgan fingerprint density at radius 2 is 2.29 bits per heavy atom. The van der Waals surface area contributed by atoms with Gasteiger partial charge in [0.1, 0.15) is 5.60 Å². The standard InChI is InChI=1S/C11H11ClO2/c12-9-3-4-10-8(6-9)2-1-5-11(10,14)7-13/h3-4,6-7,14H,1-2,5H2. The number of halogens is 1. The molecule has 1 N–H and O–H groups in total. The zero-order valence-corrected chi connectivity index (χ0v) is 8.42. The Labute approximate surface area is 87.5 Å². The van der Waals surface area contributed by atoms with Gasteiger partial charge in [0.15, 0.2) is 6.29 Å². The highest BCUT2D eigenvalue weighted by molar-refractivity contribution is 6.30. The summed E-state index contributed by atoms with van der Waals surface area (Å²) in [5.74, 6) is 0. The number of aryl methyl sites for hydroxylation is 1. The lowest BCUT2D eigenvalue weighted by Crippen LogP contribution is -2.32. The van der Waals surface area contributed by atoms with Crippen molar-refractivity contribution in [2.45, 2.75) is 24.9 Å². The van der Waals surface area contributed by atoms with Crippen molar-refractivity contribution >= 4 is 17.9 Å². The van der Waals surface area contributed by atoms with Crippen LogP contribution in [0.25, 0.3) is 0 Å². The Hall–Kier alpha value is -0.860. The van der Waals surface area contributed by atoms with Gasteiger partial charge < -0.3 is 5.11 Å². The molecule has 1 aliphatic carbocycles. The first-order valence-electron chi connectivity index (χ1n) is 4.63. The van der Waals surface area contributed by atoms with E-state index in [9.17, 15) is 9.90 Å². The maximum absolute atomic E-state index is 10.8. The van der Waals surface area contributed by atoms with Gasteiger partial charge in [0.2, 0.25) is 0 Å². The van der Waals surface area contributed by atoms with Crippen molar-refractivity contribution in [1.82, 2.24) is 0 Å². The van der Waals surface area contributed by atoms with E-state index in [0.29, 0.717) is 23.3 Å². The smallest absolute Gasteiger partial charge is 0.156 e. The van der Waals surface area contributed by atoms with Gasteiger partial charge in [-0.1, -0.05) is 17.7 Å². The largest absolute Gasteiger partial charge is 0.378 e. The van der Waals surface area contributed by atoms with Crippen LogP contribution in [0.2, 0.25) is 5.02 Å². The van der Waals surface area contributed by atoms with Gasteiger partial charge in [0.25, 0.3) is 0 Å². The molecule has 0 spiro atoms. The number of hydrogen-bond acceptors (Lipinski definition) is 2. The summed E-state index contributed by atoms with van der Waals surface area (Å²) in [6, 6.07) is 5.27. The molecule has 1 aliphatic rings. The summed E-state index contributed by atoms with van der Waals surface area (Å²) in [5.41, 5.74) is 0.402. The Morgan fingerprint density at radius 1 is 1.50 bits per heavy atom. The highest BCUT2D eigenvalue weighted by Gasteiger charge is 2.33. The minimum Gasteiger partial charge on any atom is -0.378 e. The predicted molar refractivity (Wildman–Crippen MR) is 54.4 cm³/mol. The van der Waals surface area contributed by atoms with Crippen LogP contribution >= 0.6 is 11.6 Å². The molecule has 1 aromatic rings. The summed E-state index contributed by atoms with van der Waals surface area (Å²) < 4.78 is 0. The summed E-state index contributed by atoms with van der Waals surface area (Å²) in [7, 11) is 0. The van der Waals surface area contributed by atoms with Crippen molar-refractivity contribution in [2.75, 3.05) is 0 Å². The maximum atomic E-state index is 10.8. The lowest BCUT2D eigenvalue weighted by molar-refractivity contribution is -0.126. The molecule has 0 fully saturated rings. The van der Waals surface area contributed by atoms with E-state index in [1.165, 1.54) is 0 Å². The van der Waals surface area contributed by atoms with Crippen molar-refractivity contribution < 1.29 is 9.90 Å². The van der Waals surface area contributed by atoms with Crippen LogP contribution in [0, 0.1) is 0 Å². The SMILES string of the molecule is O=CC1(O)CCCc2cc(Cl)ccc21. The third-order valence-electron chi connectivity index (χ3n) is 2.73. The second-order valence-corrected chi connectivity index (χ2v) is 4.13. The van der Waals surface area contributed by atoms with Gasteiger partial charge in [0.05, 0.1) is 0 Å².